The quantitative estimate of drug-likeness (QED) is 0.796. The normalized spacial score (nSPS) is 15.0. The summed E-state index contributed by atoms with van der Waals surface area (Å²) in [6.45, 7) is 7.49. The molecule has 23 heavy (non-hydrogen) atoms. The number of thioether (sulfide) groups is 1. The maximum atomic E-state index is 12.4. The van der Waals surface area contributed by atoms with Gasteiger partial charge in [0.1, 0.15) is 0 Å². The minimum Gasteiger partial charge on any atom is -0.345 e. The van der Waals surface area contributed by atoms with Crippen molar-refractivity contribution in [2.24, 2.45) is 0 Å². The predicted molar refractivity (Wildman–Crippen MR) is 97.5 cm³/mol. The lowest BCUT2D eigenvalue weighted by Crippen LogP contribution is -2.49. The maximum absolute atomic E-state index is 12.4. The number of aromatic nitrogens is 1. The maximum Gasteiger partial charge on any atom is 0.233 e. The molecule has 1 aromatic carbocycles. The summed E-state index contributed by atoms with van der Waals surface area (Å²) in [5.74, 6) is 0.747. The van der Waals surface area contributed by atoms with Crippen molar-refractivity contribution in [3.8, 4) is 0 Å². The number of thiazole rings is 1. The molecule has 0 saturated carbocycles. The summed E-state index contributed by atoms with van der Waals surface area (Å²) in [6, 6.07) is 6.39. The fourth-order valence-corrected chi connectivity index (χ4v) is 4.34. The number of amides is 1. The van der Waals surface area contributed by atoms with E-state index in [0.717, 1.165) is 31.3 Å². The molecule has 1 fully saturated rings. The van der Waals surface area contributed by atoms with Gasteiger partial charge in [-0.2, -0.15) is 0 Å². The van der Waals surface area contributed by atoms with Crippen LogP contribution in [0.4, 0.5) is 5.13 Å². The van der Waals surface area contributed by atoms with Gasteiger partial charge in [0.25, 0.3) is 0 Å². The molecule has 0 unspecified atom stereocenters. The van der Waals surface area contributed by atoms with Crippen LogP contribution < -0.4 is 4.90 Å². The monoisotopic (exact) mass is 347 g/mol. The molecule has 0 bridgehead atoms. The summed E-state index contributed by atoms with van der Waals surface area (Å²) in [5, 5.41) is 3.05. The first-order chi connectivity index (χ1) is 11.1. The largest absolute Gasteiger partial charge is 0.345 e. The first kappa shape index (κ1) is 16.3. The van der Waals surface area contributed by atoms with Crippen LogP contribution in [0, 0.1) is 13.8 Å². The third-order valence-electron chi connectivity index (χ3n) is 4.02. The van der Waals surface area contributed by atoms with Crippen LogP contribution in [0.2, 0.25) is 0 Å². The Morgan fingerprint density at radius 2 is 2.04 bits per heavy atom. The number of nitrogens with zero attached hydrogens (tertiary/aromatic N) is 3. The van der Waals surface area contributed by atoms with E-state index < -0.39 is 0 Å². The third-order valence-corrected chi connectivity index (χ3v) is 5.99. The van der Waals surface area contributed by atoms with Gasteiger partial charge in [0.15, 0.2) is 5.13 Å². The molecule has 1 aliphatic rings. The molecule has 2 heterocycles. The van der Waals surface area contributed by atoms with E-state index >= 15 is 0 Å². The fraction of sp³-hybridized carbons (Fsp3) is 0.412. The molecule has 3 rings (SSSR count). The van der Waals surface area contributed by atoms with Gasteiger partial charge < -0.3 is 9.80 Å². The second-order valence-electron chi connectivity index (χ2n) is 5.74. The van der Waals surface area contributed by atoms with Crippen molar-refractivity contribution in [2.45, 2.75) is 18.7 Å². The van der Waals surface area contributed by atoms with Crippen LogP contribution >= 0.6 is 23.1 Å². The van der Waals surface area contributed by atoms with Crippen LogP contribution in [0.5, 0.6) is 0 Å². The van der Waals surface area contributed by atoms with E-state index in [-0.39, 0.29) is 5.91 Å². The zero-order valence-corrected chi connectivity index (χ0v) is 15.1. The molecule has 0 radical (unpaired) electrons. The van der Waals surface area contributed by atoms with Crippen molar-refractivity contribution in [2.75, 3.05) is 36.8 Å². The molecule has 0 aliphatic carbocycles. The summed E-state index contributed by atoms with van der Waals surface area (Å²) < 4.78 is 0. The van der Waals surface area contributed by atoms with E-state index in [4.69, 9.17) is 0 Å². The van der Waals surface area contributed by atoms with Crippen LogP contribution in [-0.2, 0) is 4.79 Å². The van der Waals surface area contributed by atoms with Gasteiger partial charge in [0.2, 0.25) is 5.91 Å². The van der Waals surface area contributed by atoms with Gasteiger partial charge in [-0.25, -0.2) is 4.98 Å². The Hall–Kier alpha value is -1.53. The predicted octanol–water partition coefficient (Wildman–Crippen LogP) is 3.20. The van der Waals surface area contributed by atoms with Gasteiger partial charge in [-0.05, 0) is 25.5 Å². The van der Waals surface area contributed by atoms with Crippen LogP contribution in [-0.4, -0.2) is 47.7 Å². The van der Waals surface area contributed by atoms with E-state index in [1.54, 1.807) is 23.1 Å². The standard InChI is InChI=1S/C17H21N3OS2/c1-13-3-4-14(2)15(11-13)23-12-16(21)19-6-8-20(9-7-19)17-18-5-10-22-17/h3-5,10-11H,6-9,12H2,1-2H3. The number of aryl methyl sites for hydroxylation is 2. The Kier molecular flexibility index (Phi) is 5.23. The van der Waals surface area contributed by atoms with Crippen molar-refractivity contribution in [1.82, 2.24) is 9.88 Å². The van der Waals surface area contributed by atoms with Crippen molar-refractivity contribution in [1.29, 1.82) is 0 Å². The van der Waals surface area contributed by atoms with Crippen molar-refractivity contribution in [3.63, 3.8) is 0 Å². The minimum atomic E-state index is 0.231. The van der Waals surface area contributed by atoms with Gasteiger partial charge in [0, 0.05) is 42.7 Å². The number of benzene rings is 1. The summed E-state index contributed by atoms with van der Waals surface area (Å²) >= 11 is 3.30. The van der Waals surface area contributed by atoms with Gasteiger partial charge >= 0.3 is 0 Å². The van der Waals surface area contributed by atoms with Crippen molar-refractivity contribution >= 4 is 34.1 Å². The molecule has 0 N–H and O–H groups in total. The van der Waals surface area contributed by atoms with Gasteiger partial charge in [0.05, 0.1) is 5.75 Å². The highest BCUT2D eigenvalue weighted by atomic mass is 32.2. The highest BCUT2D eigenvalue weighted by molar-refractivity contribution is 8.00. The molecular weight excluding hydrogens is 326 g/mol. The Labute approximate surface area is 145 Å². The van der Waals surface area contributed by atoms with Crippen LogP contribution in [0.25, 0.3) is 0 Å². The fourth-order valence-electron chi connectivity index (χ4n) is 2.61. The second-order valence-corrected chi connectivity index (χ2v) is 7.63. The second kappa shape index (κ2) is 7.36. The molecule has 122 valence electrons. The smallest absolute Gasteiger partial charge is 0.233 e. The lowest BCUT2D eigenvalue weighted by Gasteiger charge is -2.34. The molecule has 2 aromatic rings. The first-order valence-electron chi connectivity index (χ1n) is 7.76. The third kappa shape index (κ3) is 4.06. The van der Waals surface area contributed by atoms with Crippen molar-refractivity contribution in [3.05, 3.63) is 40.9 Å². The zero-order valence-electron chi connectivity index (χ0n) is 13.5. The molecule has 4 nitrogen and oxygen atoms in total. The molecule has 1 aliphatic heterocycles. The number of anilines is 1. The van der Waals surface area contributed by atoms with Gasteiger partial charge in [-0.3, -0.25) is 4.79 Å². The highest BCUT2D eigenvalue weighted by Gasteiger charge is 2.22. The van der Waals surface area contributed by atoms with Gasteiger partial charge in [-0.15, -0.1) is 23.1 Å². The summed E-state index contributed by atoms with van der Waals surface area (Å²) in [4.78, 5) is 22.2. The number of carbonyl (C=O) groups excluding carboxylic acids is 1. The lowest BCUT2D eigenvalue weighted by atomic mass is 10.2. The average Bonchev–Trinajstić information content (AvgIpc) is 3.10. The molecule has 1 amide bonds. The molecular formula is C17H21N3OS2. The van der Waals surface area contributed by atoms with E-state index in [1.165, 1.54) is 16.0 Å². The average molecular weight is 348 g/mol. The first-order valence-corrected chi connectivity index (χ1v) is 9.62. The number of hydrogen-bond donors (Lipinski definition) is 0. The number of rotatable bonds is 4. The number of hydrogen-bond acceptors (Lipinski definition) is 5. The molecule has 1 aromatic heterocycles. The minimum absolute atomic E-state index is 0.231. The number of carbonyl (C=O) groups is 1. The lowest BCUT2D eigenvalue weighted by molar-refractivity contribution is -0.128. The van der Waals surface area contributed by atoms with E-state index in [1.807, 2.05) is 16.5 Å². The van der Waals surface area contributed by atoms with Crippen LogP contribution in [0.1, 0.15) is 11.1 Å². The summed E-state index contributed by atoms with van der Waals surface area (Å²) in [6.07, 6.45) is 1.83. The van der Waals surface area contributed by atoms with E-state index in [0.29, 0.717) is 5.75 Å². The number of piperazine rings is 1. The highest BCUT2D eigenvalue weighted by Crippen LogP contribution is 2.24. The molecule has 6 heteroatoms. The SMILES string of the molecule is Cc1ccc(C)c(SCC(=O)N2CCN(c3nccs3)CC2)c1. The Morgan fingerprint density at radius 3 is 2.74 bits per heavy atom. The van der Waals surface area contributed by atoms with Crippen molar-refractivity contribution < 1.29 is 4.79 Å². The van der Waals surface area contributed by atoms with Crippen LogP contribution in [0.15, 0.2) is 34.7 Å². The molecule has 1 saturated heterocycles. The Balaban J connectivity index is 1.51. The topological polar surface area (TPSA) is 36.4 Å². The van der Waals surface area contributed by atoms with E-state index in [2.05, 4.69) is 41.9 Å². The molecule has 0 spiro atoms. The van der Waals surface area contributed by atoms with Crippen LogP contribution in [0.3, 0.4) is 0 Å². The van der Waals surface area contributed by atoms with Gasteiger partial charge in [-0.1, -0.05) is 17.7 Å². The summed E-state index contributed by atoms with van der Waals surface area (Å²) in [5.41, 5.74) is 2.48. The van der Waals surface area contributed by atoms with E-state index in [9.17, 15) is 4.79 Å². The Morgan fingerprint density at radius 1 is 1.26 bits per heavy atom. The molecule has 0 atom stereocenters. The summed E-state index contributed by atoms with van der Waals surface area (Å²) in [7, 11) is 0. The Bertz CT molecular complexity index is 664. The zero-order chi connectivity index (χ0) is 16.2.